The van der Waals surface area contributed by atoms with Crippen LogP contribution >= 0.6 is 11.6 Å². The Morgan fingerprint density at radius 1 is 1.20 bits per heavy atom. The van der Waals surface area contributed by atoms with Gasteiger partial charge >= 0.3 is 5.63 Å². The van der Waals surface area contributed by atoms with Crippen LogP contribution in [0.3, 0.4) is 0 Å². The van der Waals surface area contributed by atoms with E-state index in [0.717, 1.165) is 5.56 Å². The summed E-state index contributed by atoms with van der Waals surface area (Å²) in [6.07, 6.45) is 0. The van der Waals surface area contributed by atoms with Gasteiger partial charge < -0.3 is 19.6 Å². The van der Waals surface area contributed by atoms with Gasteiger partial charge in [0.2, 0.25) is 5.88 Å². The lowest BCUT2D eigenvalue weighted by molar-refractivity contribution is 0.301. The second-order valence-electron chi connectivity index (χ2n) is 6.77. The van der Waals surface area contributed by atoms with E-state index in [0.29, 0.717) is 22.1 Å². The molecule has 0 saturated heterocycles. The molecule has 30 heavy (non-hydrogen) atoms. The number of nitrogens with two attached hydrogens (primary N) is 1. The van der Waals surface area contributed by atoms with Gasteiger partial charge in [0.15, 0.2) is 0 Å². The SMILES string of the molecule is Cc1cc2c(c(=O)o1)C(c1ccccc1OCc1ccccc1Cl)C(C#N)=C(N)O2. The molecule has 2 N–H and O–H groups in total. The maximum absolute atomic E-state index is 12.7. The van der Waals surface area contributed by atoms with Crippen LogP contribution in [0.4, 0.5) is 0 Å². The lowest BCUT2D eigenvalue weighted by atomic mass is 9.84. The van der Waals surface area contributed by atoms with Gasteiger partial charge in [0, 0.05) is 22.2 Å². The van der Waals surface area contributed by atoms with E-state index < -0.39 is 11.5 Å². The van der Waals surface area contributed by atoms with E-state index in [1.807, 2.05) is 24.3 Å². The summed E-state index contributed by atoms with van der Waals surface area (Å²) in [5.74, 6) is 0.315. The number of ether oxygens (including phenoxy) is 2. The van der Waals surface area contributed by atoms with Crippen molar-refractivity contribution in [2.24, 2.45) is 5.73 Å². The van der Waals surface area contributed by atoms with Gasteiger partial charge in [0.1, 0.15) is 35.5 Å². The van der Waals surface area contributed by atoms with E-state index in [4.69, 9.17) is 31.2 Å². The van der Waals surface area contributed by atoms with Crippen LogP contribution in [0.1, 0.15) is 28.4 Å². The molecule has 0 fully saturated rings. The molecule has 0 amide bonds. The first kappa shape index (κ1) is 19.6. The highest BCUT2D eigenvalue weighted by Crippen LogP contribution is 2.43. The molecule has 0 spiro atoms. The molecule has 1 unspecified atom stereocenters. The molecule has 6 nitrogen and oxygen atoms in total. The maximum atomic E-state index is 12.7. The van der Waals surface area contributed by atoms with E-state index in [2.05, 4.69) is 6.07 Å². The minimum absolute atomic E-state index is 0.0547. The third-order valence-corrected chi connectivity index (χ3v) is 5.20. The Balaban J connectivity index is 1.82. The summed E-state index contributed by atoms with van der Waals surface area (Å²) in [5.41, 5.74) is 7.16. The average molecular weight is 421 g/mol. The lowest BCUT2D eigenvalue weighted by Crippen LogP contribution is -2.26. The molecule has 1 aromatic heterocycles. The molecule has 150 valence electrons. The van der Waals surface area contributed by atoms with Crippen LogP contribution in [-0.4, -0.2) is 0 Å². The second-order valence-corrected chi connectivity index (χ2v) is 7.17. The standard InChI is InChI=1S/C23H17ClN2O4/c1-13-10-19-21(23(27)29-13)20(16(11-25)22(26)30-19)15-7-3-5-9-18(15)28-12-14-6-2-4-8-17(14)24/h2-10,20H,12,26H2,1H3. The number of halogens is 1. The molecule has 0 radical (unpaired) electrons. The molecule has 0 aliphatic carbocycles. The summed E-state index contributed by atoms with van der Waals surface area (Å²) in [4.78, 5) is 12.7. The summed E-state index contributed by atoms with van der Waals surface area (Å²) in [5, 5.41) is 10.3. The Kier molecular flexibility index (Phi) is 5.21. The molecular weight excluding hydrogens is 404 g/mol. The van der Waals surface area contributed by atoms with Crippen LogP contribution in [-0.2, 0) is 6.61 Å². The molecule has 1 aliphatic heterocycles. The zero-order valence-corrected chi connectivity index (χ0v) is 16.8. The summed E-state index contributed by atoms with van der Waals surface area (Å²) in [6.45, 7) is 1.86. The quantitative estimate of drug-likeness (QED) is 0.671. The number of para-hydroxylation sites is 1. The van der Waals surface area contributed by atoms with Gasteiger partial charge in [-0.05, 0) is 19.1 Å². The average Bonchev–Trinajstić information content (AvgIpc) is 2.72. The zero-order chi connectivity index (χ0) is 21.3. The lowest BCUT2D eigenvalue weighted by Gasteiger charge is -2.26. The van der Waals surface area contributed by atoms with E-state index in [1.165, 1.54) is 0 Å². The zero-order valence-electron chi connectivity index (χ0n) is 16.0. The number of fused-ring (bicyclic) bond motifs is 1. The fraction of sp³-hybridized carbons (Fsp3) is 0.130. The third kappa shape index (κ3) is 3.51. The first-order valence-electron chi connectivity index (χ1n) is 9.17. The molecule has 7 heteroatoms. The molecule has 1 atom stereocenters. The molecular formula is C23H17ClN2O4. The number of aryl methyl sites for hydroxylation is 1. The number of hydrogen-bond acceptors (Lipinski definition) is 6. The Morgan fingerprint density at radius 3 is 2.70 bits per heavy atom. The molecule has 2 heterocycles. The number of nitriles is 1. The molecule has 0 saturated carbocycles. The molecule has 0 bridgehead atoms. The Labute approximate surface area is 177 Å². The van der Waals surface area contributed by atoms with Crippen molar-refractivity contribution in [3.8, 4) is 17.6 Å². The van der Waals surface area contributed by atoms with Crippen molar-refractivity contribution in [1.29, 1.82) is 5.26 Å². The first-order valence-corrected chi connectivity index (χ1v) is 9.54. The highest BCUT2D eigenvalue weighted by atomic mass is 35.5. The van der Waals surface area contributed by atoms with Gasteiger partial charge in [-0.15, -0.1) is 0 Å². The minimum Gasteiger partial charge on any atom is -0.489 e. The van der Waals surface area contributed by atoms with Crippen LogP contribution in [0, 0.1) is 18.3 Å². The summed E-state index contributed by atoms with van der Waals surface area (Å²) in [6, 6.07) is 18.2. The summed E-state index contributed by atoms with van der Waals surface area (Å²) >= 11 is 6.23. The third-order valence-electron chi connectivity index (χ3n) is 4.83. The largest absolute Gasteiger partial charge is 0.489 e. The van der Waals surface area contributed by atoms with Crippen molar-refractivity contribution in [3.05, 3.63) is 104 Å². The van der Waals surface area contributed by atoms with Gasteiger partial charge in [0.05, 0.1) is 11.5 Å². The number of nitrogens with zero attached hydrogens (tertiary/aromatic N) is 1. The highest BCUT2D eigenvalue weighted by molar-refractivity contribution is 6.31. The highest BCUT2D eigenvalue weighted by Gasteiger charge is 2.35. The summed E-state index contributed by atoms with van der Waals surface area (Å²) < 4.78 is 16.9. The Hall–Kier alpha value is -3.69. The van der Waals surface area contributed by atoms with E-state index in [-0.39, 0.29) is 29.4 Å². The number of benzene rings is 2. The molecule has 3 aromatic rings. The van der Waals surface area contributed by atoms with Crippen molar-refractivity contribution in [2.45, 2.75) is 19.4 Å². The number of rotatable bonds is 4. The molecule has 1 aliphatic rings. The topological polar surface area (TPSA) is 98.5 Å². The Bertz CT molecular complexity index is 1260. The predicted molar refractivity (Wildman–Crippen MR) is 111 cm³/mol. The van der Waals surface area contributed by atoms with E-state index in [1.54, 1.807) is 37.3 Å². The number of allylic oxidation sites excluding steroid dienone is 1. The van der Waals surface area contributed by atoms with Crippen molar-refractivity contribution in [3.63, 3.8) is 0 Å². The van der Waals surface area contributed by atoms with Crippen molar-refractivity contribution >= 4 is 11.6 Å². The minimum atomic E-state index is -0.780. The van der Waals surface area contributed by atoms with Gasteiger partial charge in [-0.2, -0.15) is 5.26 Å². The monoisotopic (exact) mass is 420 g/mol. The second kappa shape index (κ2) is 7.97. The summed E-state index contributed by atoms with van der Waals surface area (Å²) in [7, 11) is 0. The molecule has 4 rings (SSSR count). The van der Waals surface area contributed by atoms with Crippen LogP contribution in [0.25, 0.3) is 0 Å². The Morgan fingerprint density at radius 2 is 1.93 bits per heavy atom. The van der Waals surface area contributed by atoms with Crippen LogP contribution in [0.5, 0.6) is 11.5 Å². The van der Waals surface area contributed by atoms with Crippen LogP contribution in [0.2, 0.25) is 5.02 Å². The smallest absolute Gasteiger partial charge is 0.343 e. The van der Waals surface area contributed by atoms with Gasteiger partial charge in [-0.25, -0.2) is 4.79 Å². The fourth-order valence-corrected chi connectivity index (χ4v) is 3.64. The predicted octanol–water partition coefficient (Wildman–Crippen LogP) is 4.40. The number of hydrogen-bond donors (Lipinski definition) is 1. The van der Waals surface area contributed by atoms with Gasteiger partial charge in [0.25, 0.3) is 0 Å². The fourth-order valence-electron chi connectivity index (χ4n) is 3.45. The van der Waals surface area contributed by atoms with Crippen molar-refractivity contribution < 1.29 is 13.9 Å². The van der Waals surface area contributed by atoms with Gasteiger partial charge in [-0.1, -0.05) is 48.0 Å². The normalized spacial score (nSPS) is 15.2. The van der Waals surface area contributed by atoms with E-state index >= 15 is 0 Å². The van der Waals surface area contributed by atoms with Gasteiger partial charge in [-0.3, -0.25) is 0 Å². The van der Waals surface area contributed by atoms with Crippen LogP contribution < -0.4 is 20.8 Å². The maximum Gasteiger partial charge on any atom is 0.343 e. The van der Waals surface area contributed by atoms with Crippen LogP contribution in [0.15, 0.2) is 75.3 Å². The van der Waals surface area contributed by atoms with Crippen molar-refractivity contribution in [2.75, 3.05) is 0 Å². The van der Waals surface area contributed by atoms with E-state index in [9.17, 15) is 10.1 Å². The molecule has 2 aromatic carbocycles. The first-order chi connectivity index (χ1) is 14.5. The van der Waals surface area contributed by atoms with Crippen molar-refractivity contribution in [1.82, 2.24) is 0 Å².